The van der Waals surface area contributed by atoms with Gasteiger partial charge < -0.3 is 83.9 Å². The van der Waals surface area contributed by atoms with E-state index >= 15 is 19.2 Å². The van der Waals surface area contributed by atoms with Crippen molar-refractivity contribution in [2.75, 3.05) is 103 Å². The van der Waals surface area contributed by atoms with Crippen molar-refractivity contribution < 1.29 is 83.4 Å². The first-order valence-electron chi connectivity index (χ1n) is 33.8. The lowest BCUT2D eigenvalue weighted by atomic mass is 9.97. The minimum absolute atomic E-state index is 0.0399. The Morgan fingerprint density at radius 2 is 1.09 bits per heavy atom. The fraction of sp³-hybridized carbons (Fsp3) is 0.493. The maximum Gasteiger partial charge on any atom is 0.317 e. The number of aliphatic carboxylic acids is 3. The number of carbonyl (C=O) groups is 11. The SMILES string of the molecule is C[C@@H](O)[C@@H]1NC(=O)[C@H](CCCCN)NC(=O)[C@@H](Cc2c[nH]c3ccccc23)NC(=O)C(Cc2cccc3ccccc23)NC(=O)[C@@H](NC(=O)[C@@H](Cc2ccccc2)NC(=O)CN2CCN(CC(=O)O)CCN(CC(=O)O)CCN(CC(=O)O)CC2)CSSC[C@@H](C(=O)N[C@H](CO)[C@@H](C)O)NC1=O. The second-order valence-electron chi connectivity index (χ2n) is 25.4. The average Bonchev–Trinajstić information content (AvgIpc) is 1.51. The number of aliphatic hydroxyl groups excluding tert-OH is 3. The van der Waals surface area contributed by atoms with Crippen LogP contribution in [0.1, 0.15) is 49.8 Å². The minimum atomic E-state index is -1.76. The molecule has 0 bridgehead atoms. The summed E-state index contributed by atoms with van der Waals surface area (Å²) in [4.78, 5) is 165. The molecule has 17 N–H and O–H groups in total. The number of nitrogens with one attached hydrogen (secondary N) is 9. The molecule has 7 rings (SSSR count). The number of hydrogen-bond acceptors (Lipinski definition) is 21. The van der Waals surface area contributed by atoms with Crippen molar-refractivity contribution in [1.29, 1.82) is 0 Å². The number of carboxylic acids is 3. The number of nitrogens with zero attached hydrogens (tertiary/aromatic N) is 4. The smallest absolute Gasteiger partial charge is 0.317 e. The number of para-hydroxylation sites is 1. The molecule has 33 heteroatoms. The number of carboxylic acid groups (broad SMARTS) is 3. The largest absolute Gasteiger partial charge is 0.480 e. The van der Waals surface area contributed by atoms with E-state index in [2.05, 4.69) is 47.5 Å². The molecule has 0 spiro atoms. The summed E-state index contributed by atoms with van der Waals surface area (Å²) < 4.78 is 0. The van der Waals surface area contributed by atoms with Crippen LogP contribution in [-0.2, 0) is 72.0 Å². The molecule has 1 aromatic heterocycles. The molecule has 4 aromatic carbocycles. The van der Waals surface area contributed by atoms with Crippen LogP contribution in [0.5, 0.6) is 0 Å². The third-order valence-electron chi connectivity index (χ3n) is 17.5. The Balaban J connectivity index is 1.28. The van der Waals surface area contributed by atoms with E-state index in [1.165, 1.54) is 13.8 Å². The van der Waals surface area contributed by atoms with E-state index in [9.17, 15) is 64.2 Å². The first-order chi connectivity index (χ1) is 48.9. The average molecular weight is 1460 g/mol. The number of rotatable bonds is 26. The number of carbonyl (C=O) groups excluding carboxylic acids is 8. The number of aromatic amines is 1. The quantitative estimate of drug-likeness (QED) is 0.0210. The molecule has 0 radical (unpaired) electrons. The van der Waals surface area contributed by atoms with Crippen molar-refractivity contribution in [2.45, 2.75) is 113 Å². The predicted octanol–water partition coefficient (Wildman–Crippen LogP) is -2.02. The first kappa shape index (κ1) is 80.5. The molecule has 0 saturated carbocycles. The van der Waals surface area contributed by atoms with Crippen LogP contribution in [0, 0.1) is 0 Å². The van der Waals surface area contributed by atoms with Crippen molar-refractivity contribution in [3.05, 3.63) is 120 Å². The highest BCUT2D eigenvalue weighted by Gasteiger charge is 2.38. The van der Waals surface area contributed by atoms with Gasteiger partial charge in [-0.3, -0.25) is 72.3 Å². The molecule has 8 amide bonds. The maximum atomic E-state index is 15.5. The molecular formula is C69H94N14O17S2. The van der Waals surface area contributed by atoms with Crippen molar-refractivity contribution in [1.82, 2.24) is 67.1 Å². The lowest BCUT2D eigenvalue weighted by Gasteiger charge is -2.33. The zero-order valence-corrected chi connectivity index (χ0v) is 58.6. The van der Waals surface area contributed by atoms with Crippen LogP contribution >= 0.6 is 21.6 Å². The van der Waals surface area contributed by atoms with E-state index in [-0.39, 0.29) is 109 Å². The number of H-pyrrole nitrogens is 1. The normalized spacial score (nSPS) is 21.8. The Kier molecular flexibility index (Phi) is 32.2. The highest BCUT2D eigenvalue weighted by atomic mass is 33.1. The summed E-state index contributed by atoms with van der Waals surface area (Å²) in [6.07, 6.45) is -1.11. The number of fused-ring (bicyclic) bond motifs is 2. The lowest BCUT2D eigenvalue weighted by Crippen LogP contribution is -2.62. The fourth-order valence-corrected chi connectivity index (χ4v) is 14.2. The van der Waals surface area contributed by atoms with Crippen LogP contribution in [0.3, 0.4) is 0 Å². The van der Waals surface area contributed by atoms with Crippen LogP contribution < -0.4 is 48.3 Å². The molecule has 5 aromatic rings. The highest BCUT2D eigenvalue weighted by Crippen LogP contribution is 2.26. The third-order valence-corrected chi connectivity index (χ3v) is 20.0. The van der Waals surface area contributed by atoms with Gasteiger partial charge in [0.2, 0.25) is 47.3 Å². The summed E-state index contributed by atoms with van der Waals surface area (Å²) in [7, 11) is 1.86. The molecule has 3 heterocycles. The van der Waals surface area contributed by atoms with E-state index in [0.717, 1.165) is 32.4 Å². The van der Waals surface area contributed by atoms with E-state index in [1.807, 2.05) is 42.5 Å². The summed E-state index contributed by atoms with van der Waals surface area (Å²) in [6.45, 7) is 1.21. The van der Waals surface area contributed by atoms with Crippen molar-refractivity contribution >= 4 is 108 Å². The zero-order chi connectivity index (χ0) is 73.8. The summed E-state index contributed by atoms with van der Waals surface area (Å²) in [6, 6.07) is 16.5. The Bertz CT molecular complexity index is 3630. The number of amides is 8. The van der Waals surface area contributed by atoms with Crippen molar-refractivity contribution in [3.63, 3.8) is 0 Å². The van der Waals surface area contributed by atoms with Gasteiger partial charge in [-0.2, -0.15) is 0 Å². The van der Waals surface area contributed by atoms with E-state index < -0.39 is 152 Å². The van der Waals surface area contributed by atoms with E-state index in [4.69, 9.17) is 5.73 Å². The summed E-state index contributed by atoms with van der Waals surface area (Å²) in [5.74, 6) is -11.3. The van der Waals surface area contributed by atoms with Crippen molar-refractivity contribution in [2.24, 2.45) is 5.73 Å². The van der Waals surface area contributed by atoms with Crippen molar-refractivity contribution in [3.8, 4) is 0 Å². The molecule has 2 aliphatic rings. The van der Waals surface area contributed by atoms with E-state index in [0.29, 0.717) is 34.0 Å². The molecule has 2 saturated heterocycles. The van der Waals surface area contributed by atoms with Gasteiger partial charge >= 0.3 is 17.9 Å². The Hall–Kier alpha value is -8.77. The topological polar surface area (TPSA) is 460 Å². The second kappa shape index (κ2) is 40.8. The van der Waals surface area contributed by atoms with Crippen LogP contribution in [0.4, 0.5) is 0 Å². The molecule has 0 aliphatic carbocycles. The molecule has 2 aliphatic heterocycles. The Labute approximate surface area is 597 Å². The van der Waals surface area contributed by atoms with E-state index in [1.54, 1.807) is 80.4 Å². The number of benzene rings is 4. The molecule has 554 valence electrons. The number of unbranched alkanes of at least 4 members (excludes halogenated alkanes) is 1. The van der Waals surface area contributed by atoms with Crippen LogP contribution in [-0.4, -0.2) is 284 Å². The Morgan fingerprint density at radius 3 is 1.67 bits per heavy atom. The Morgan fingerprint density at radius 1 is 0.569 bits per heavy atom. The van der Waals surface area contributed by atoms with Gasteiger partial charge in [0.25, 0.3) is 0 Å². The van der Waals surface area contributed by atoms with Gasteiger partial charge in [0, 0.05) is 100 Å². The van der Waals surface area contributed by atoms with Gasteiger partial charge in [-0.05, 0) is 73.2 Å². The van der Waals surface area contributed by atoms with Crippen LogP contribution in [0.25, 0.3) is 21.7 Å². The zero-order valence-electron chi connectivity index (χ0n) is 57.0. The number of aliphatic hydroxyl groups is 3. The van der Waals surface area contributed by atoms with Gasteiger partial charge in [-0.25, -0.2) is 0 Å². The first-order valence-corrected chi connectivity index (χ1v) is 36.3. The second-order valence-corrected chi connectivity index (χ2v) is 28.0. The third kappa shape index (κ3) is 25.6. The molecule has 1 unspecified atom stereocenters. The summed E-state index contributed by atoms with van der Waals surface area (Å²) in [5.41, 5.74) is 8.32. The van der Waals surface area contributed by atoms with Crippen LogP contribution in [0.2, 0.25) is 0 Å². The monoisotopic (exact) mass is 1450 g/mol. The fourth-order valence-electron chi connectivity index (χ4n) is 11.9. The molecule has 31 nitrogen and oxygen atoms in total. The van der Waals surface area contributed by atoms with Gasteiger partial charge in [0.05, 0.1) is 51.0 Å². The van der Waals surface area contributed by atoms with Gasteiger partial charge in [-0.15, -0.1) is 0 Å². The maximum absolute atomic E-state index is 15.5. The lowest BCUT2D eigenvalue weighted by molar-refractivity contribution is -0.140. The number of aromatic nitrogens is 1. The van der Waals surface area contributed by atoms with Gasteiger partial charge in [0.1, 0.15) is 42.3 Å². The summed E-state index contributed by atoms with van der Waals surface area (Å²) >= 11 is 0. The van der Waals surface area contributed by atoms with Crippen LogP contribution in [0.15, 0.2) is 103 Å². The predicted molar refractivity (Wildman–Crippen MR) is 382 cm³/mol. The molecule has 102 heavy (non-hydrogen) atoms. The molecular weight excluding hydrogens is 1360 g/mol. The molecule has 10 atom stereocenters. The minimum Gasteiger partial charge on any atom is -0.480 e. The number of hydrogen-bond donors (Lipinski definition) is 16. The number of nitrogens with two attached hydrogens (primary N) is 1. The summed E-state index contributed by atoms with van der Waals surface area (Å²) in [5, 5.41) is 85.1. The van der Waals surface area contributed by atoms with Gasteiger partial charge in [0.15, 0.2) is 0 Å². The molecule has 2 fully saturated rings. The van der Waals surface area contributed by atoms with Gasteiger partial charge in [-0.1, -0.05) is 113 Å². The standard InChI is InChI=1S/C69H94N14O17S2/c1-42(85)55(39-84)76-68(99)57-41-102-101-40-56(77-64(95)52(31-44-13-4-3-5-14-44)72-58(87)35-80-23-25-81(36-59(88)89)27-29-83(38-61(92)93)30-28-82(26-24-80)37-60(90)91)67(98)75-53(32-46-17-12-16-45-15-6-7-18-48(45)46)66(97)74-54(33-47-34-71-50-20-9-8-19-49(47)50)65(96)73-51(21-10-11-22-70)63(94)79-62(43(2)86)69(100)78-57/h3-9,12-20,34,42-43,51-57,62,71,84-86H,10-11,21-33,35-41,70H2,1-2H3,(H,72,87)(H,73,96)(H,74,97)(H,75,98)(H,76,99)(H,77,95)(H,78,100)(H,79,94)(H,88,89)(H,90,91)(H,92,93)/t42-,43-,51+,52-,53?,54-,55-,56+,57+,62+/m1/s1. The highest BCUT2D eigenvalue weighted by molar-refractivity contribution is 8.76.